The molecule has 1 fully saturated rings. The van der Waals surface area contributed by atoms with Gasteiger partial charge in [0.1, 0.15) is 12.4 Å². The fourth-order valence-corrected chi connectivity index (χ4v) is 5.25. The lowest BCUT2D eigenvalue weighted by Gasteiger charge is -2.42. The predicted octanol–water partition coefficient (Wildman–Crippen LogP) is 5.16. The van der Waals surface area contributed by atoms with Crippen molar-refractivity contribution in [2.75, 3.05) is 32.1 Å². The van der Waals surface area contributed by atoms with Crippen molar-refractivity contribution >= 4 is 23.5 Å². The van der Waals surface area contributed by atoms with E-state index >= 15 is 0 Å². The normalized spacial score (nSPS) is 15.8. The molecule has 7 nitrogen and oxygen atoms in total. The number of carbonyl (C=O) groups excluding carboxylic acids is 3. The van der Waals surface area contributed by atoms with Gasteiger partial charge in [0, 0.05) is 6.42 Å². The minimum absolute atomic E-state index is 0.0340. The number of ether oxygens (including phenoxy) is 2. The summed E-state index contributed by atoms with van der Waals surface area (Å²) in [6.45, 7) is 5.29. The molecule has 0 bridgehead atoms. The molecular formula is C29H38FN2O5+. The van der Waals surface area contributed by atoms with Crippen LogP contribution in [-0.2, 0) is 25.7 Å². The lowest BCUT2D eigenvalue weighted by atomic mass is 10.0. The Kier molecular flexibility index (Phi) is 10.2. The van der Waals surface area contributed by atoms with Crippen LogP contribution in [0, 0.1) is 12.7 Å². The Balaban J connectivity index is 1.88. The molecule has 1 atom stereocenters. The van der Waals surface area contributed by atoms with Gasteiger partial charge in [-0.1, -0.05) is 37.3 Å². The molecule has 0 spiro atoms. The molecule has 1 heterocycles. The van der Waals surface area contributed by atoms with Gasteiger partial charge in [-0.3, -0.25) is 4.79 Å². The molecule has 1 aliphatic heterocycles. The molecule has 1 aliphatic rings. The first-order valence-corrected chi connectivity index (χ1v) is 13.0. The van der Waals surface area contributed by atoms with Gasteiger partial charge in [0.15, 0.2) is 12.6 Å². The number of hydrogen-bond donors (Lipinski definition) is 1. The molecule has 3 rings (SSSR count). The average molecular weight is 514 g/mol. The Bertz CT molecular complexity index is 1080. The fraction of sp³-hybridized carbons (Fsp3) is 0.483. The van der Waals surface area contributed by atoms with E-state index in [9.17, 15) is 18.8 Å². The minimum atomic E-state index is -0.729. The van der Waals surface area contributed by atoms with Crippen molar-refractivity contribution in [3.8, 4) is 0 Å². The zero-order valence-electron chi connectivity index (χ0n) is 22.1. The van der Waals surface area contributed by atoms with E-state index in [0.717, 1.165) is 43.7 Å². The molecule has 2 aromatic carbocycles. The van der Waals surface area contributed by atoms with Gasteiger partial charge in [0.2, 0.25) is 0 Å². The summed E-state index contributed by atoms with van der Waals surface area (Å²) in [4.78, 5) is 39.3. The number of hydrogen-bond acceptors (Lipinski definition) is 5. The lowest BCUT2D eigenvalue weighted by Crippen LogP contribution is -2.62. The number of nitrogens with zero attached hydrogens (tertiary/aromatic N) is 1. The van der Waals surface area contributed by atoms with Crippen molar-refractivity contribution in [2.45, 2.75) is 65.0 Å². The Labute approximate surface area is 218 Å². The van der Waals surface area contributed by atoms with Crippen molar-refractivity contribution < 1.29 is 32.7 Å². The quantitative estimate of drug-likeness (QED) is 0.351. The Morgan fingerprint density at radius 1 is 1.05 bits per heavy atom. The maximum atomic E-state index is 14.1. The largest absolute Gasteiger partial charge is 0.465 e. The molecule has 1 unspecified atom stereocenters. The molecule has 0 saturated carbocycles. The number of likely N-dealkylation sites (tertiary alicyclic amines) is 1. The number of benzene rings is 2. The first-order valence-electron chi connectivity index (χ1n) is 13.0. The Morgan fingerprint density at radius 2 is 1.73 bits per heavy atom. The third-order valence-corrected chi connectivity index (χ3v) is 7.12. The number of methoxy groups -OCH3 is 1. The van der Waals surface area contributed by atoms with Gasteiger partial charge in [-0.25, -0.2) is 14.0 Å². The van der Waals surface area contributed by atoms with E-state index in [4.69, 9.17) is 9.47 Å². The second kappa shape index (κ2) is 13.3. The highest BCUT2D eigenvalue weighted by molar-refractivity contribution is 6.03. The maximum Gasteiger partial charge on any atom is 0.362 e. The van der Waals surface area contributed by atoms with E-state index < -0.39 is 17.8 Å². The van der Waals surface area contributed by atoms with Gasteiger partial charge >= 0.3 is 11.9 Å². The highest BCUT2D eigenvalue weighted by Gasteiger charge is 2.44. The monoisotopic (exact) mass is 513 g/mol. The van der Waals surface area contributed by atoms with E-state index in [1.54, 1.807) is 6.92 Å². The number of nitrogens with one attached hydrogen (secondary N) is 1. The van der Waals surface area contributed by atoms with Crippen molar-refractivity contribution in [2.24, 2.45) is 0 Å². The summed E-state index contributed by atoms with van der Waals surface area (Å²) in [5, 5.41) is 2.91. The molecule has 200 valence electrons. The van der Waals surface area contributed by atoms with E-state index in [-0.39, 0.29) is 36.3 Å². The molecule has 2 aromatic rings. The van der Waals surface area contributed by atoms with Crippen LogP contribution in [0.25, 0.3) is 0 Å². The van der Waals surface area contributed by atoms with Gasteiger partial charge in [0.25, 0.3) is 5.91 Å². The van der Waals surface area contributed by atoms with E-state index in [0.29, 0.717) is 29.6 Å². The van der Waals surface area contributed by atoms with E-state index in [1.807, 2.05) is 37.3 Å². The number of amides is 1. The third kappa shape index (κ3) is 7.38. The summed E-state index contributed by atoms with van der Waals surface area (Å²) in [6, 6.07) is 11.3. The number of anilines is 1. The van der Waals surface area contributed by atoms with Crippen LogP contribution < -0.4 is 5.32 Å². The van der Waals surface area contributed by atoms with Gasteiger partial charge in [0.05, 0.1) is 31.5 Å². The van der Waals surface area contributed by atoms with Crippen LogP contribution in [0.3, 0.4) is 0 Å². The van der Waals surface area contributed by atoms with Gasteiger partial charge in [-0.2, -0.15) is 0 Å². The van der Waals surface area contributed by atoms with Crippen LogP contribution >= 0.6 is 0 Å². The topological polar surface area (TPSA) is 81.7 Å². The van der Waals surface area contributed by atoms with Crippen molar-refractivity contribution in [3.63, 3.8) is 0 Å². The summed E-state index contributed by atoms with van der Waals surface area (Å²) in [6.07, 6.45) is 5.20. The van der Waals surface area contributed by atoms with Gasteiger partial charge < -0.3 is 19.3 Å². The summed E-state index contributed by atoms with van der Waals surface area (Å²) >= 11 is 0. The zero-order valence-corrected chi connectivity index (χ0v) is 22.1. The molecule has 0 radical (unpaired) electrons. The third-order valence-electron chi connectivity index (χ3n) is 7.12. The molecule has 1 saturated heterocycles. The lowest BCUT2D eigenvalue weighted by molar-refractivity contribution is -0.935. The van der Waals surface area contributed by atoms with Gasteiger partial charge in [-0.15, -0.1) is 0 Å². The number of esters is 2. The zero-order chi connectivity index (χ0) is 26.8. The molecule has 37 heavy (non-hydrogen) atoms. The van der Waals surface area contributed by atoms with Crippen LogP contribution in [0.15, 0.2) is 42.5 Å². The fourth-order valence-electron chi connectivity index (χ4n) is 5.25. The summed E-state index contributed by atoms with van der Waals surface area (Å²) in [5.74, 6) is -1.95. The predicted molar refractivity (Wildman–Crippen MR) is 139 cm³/mol. The highest BCUT2D eigenvalue weighted by atomic mass is 19.1. The van der Waals surface area contributed by atoms with Crippen molar-refractivity contribution in [3.05, 3.63) is 65.0 Å². The molecule has 1 N–H and O–H groups in total. The summed E-state index contributed by atoms with van der Waals surface area (Å²) in [7, 11) is 1.21. The van der Waals surface area contributed by atoms with Gasteiger partial charge in [-0.05, 0) is 62.3 Å². The SMILES string of the molecule is CCCC(C(=O)Nc1c(C)cc(F)cc1C(=O)OC)[N+]1(CC(=O)OCc2ccccc2)CCCCCC1. The number of rotatable bonds is 10. The molecule has 0 aliphatic carbocycles. The van der Waals surface area contributed by atoms with Crippen LogP contribution in [0.1, 0.15) is 66.9 Å². The molecule has 0 aromatic heterocycles. The number of quaternary nitrogens is 1. The standard InChI is InChI=1S/C29H37FN2O5/c1-4-12-25(28(34)31-27-21(2)17-23(30)18-24(27)29(35)36-3)32(15-10-5-6-11-16-32)19-26(33)37-20-22-13-8-7-9-14-22/h7-9,13-14,17-18,25H,4-6,10-12,15-16,19-20H2,1-3H3/p+1. The van der Waals surface area contributed by atoms with Crippen LogP contribution in [0.4, 0.5) is 10.1 Å². The second-order valence-corrected chi connectivity index (χ2v) is 9.81. The smallest absolute Gasteiger partial charge is 0.362 e. The maximum absolute atomic E-state index is 14.1. The Morgan fingerprint density at radius 3 is 2.35 bits per heavy atom. The van der Waals surface area contributed by atoms with Crippen LogP contribution in [0.2, 0.25) is 0 Å². The van der Waals surface area contributed by atoms with E-state index in [1.165, 1.54) is 13.2 Å². The van der Waals surface area contributed by atoms with Crippen LogP contribution in [-0.4, -0.2) is 55.1 Å². The number of carbonyl (C=O) groups is 3. The highest BCUT2D eigenvalue weighted by Crippen LogP contribution is 2.29. The number of aryl methyl sites for hydroxylation is 1. The Hall–Kier alpha value is -3.26. The first kappa shape index (κ1) is 28.3. The first-order chi connectivity index (χ1) is 17.8. The molecule has 1 amide bonds. The average Bonchev–Trinajstić information content (AvgIpc) is 3.13. The van der Waals surface area contributed by atoms with Crippen molar-refractivity contribution in [1.82, 2.24) is 0 Å². The van der Waals surface area contributed by atoms with Crippen molar-refractivity contribution in [1.29, 1.82) is 0 Å². The van der Waals surface area contributed by atoms with E-state index in [2.05, 4.69) is 5.32 Å². The number of halogens is 1. The van der Waals surface area contributed by atoms with Crippen LogP contribution in [0.5, 0.6) is 0 Å². The molecular weight excluding hydrogens is 475 g/mol. The second-order valence-electron chi connectivity index (χ2n) is 9.81. The summed E-state index contributed by atoms with van der Waals surface area (Å²) in [5.41, 5.74) is 1.53. The molecule has 8 heteroatoms. The minimum Gasteiger partial charge on any atom is -0.465 e. The summed E-state index contributed by atoms with van der Waals surface area (Å²) < 4.78 is 24.8.